The van der Waals surface area contributed by atoms with E-state index in [0.717, 1.165) is 0 Å². The summed E-state index contributed by atoms with van der Waals surface area (Å²) in [7, 11) is 0. The third kappa shape index (κ3) is 3.24. The second-order valence-electron chi connectivity index (χ2n) is 3.11. The lowest BCUT2D eigenvalue weighted by Gasteiger charge is -2.28. The third-order valence-electron chi connectivity index (χ3n) is 1.97. The molecule has 1 heterocycles. The third-order valence-corrected chi connectivity index (χ3v) is 1.97. The Morgan fingerprint density at radius 3 is 2.53 bits per heavy atom. The number of hydrogen-bond donors (Lipinski definition) is 2. The van der Waals surface area contributed by atoms with Gasteiger partial charge in [-0.3, -0.25) is 0 Å². The van der Waals surface area contributed by atoms with Crippen LogP contribution >= 0.6 is 0 Å². The van der Waals surface area contributed by atoms with E-state index in [9.17, 15) is 13.2 Å². The quantitative estimate of drug-likeness (QED) is 0.314. The van der Waals surface area contributed by atoms with E-state index in [1.165, 1.54) is 0 Å². The first-order valence-electron chi connectivity index (χ1n) is 4.18. The van der Waals surface area contributed by atoms with Crippen LogP contribution in [0.15, 0.2) is 5.16 Å². The van der Waals surface area contributed by atoms with Gasteiger partial charge in [0.25, 0.3) is 0 Å². The monoisotopic (exact) mass is 228 g/mol. The highest BCUT2D eigenvalue weighted by molar-refractivity contribution is 5.83. The van der Waals surface area contributed by atoms with Gasteiger partial charge in [-0.25, -0.2) is 0 Å². The van der Waals surface area contributed by atoms with Crippen LogP contribution in [-0.4, -0.2) is 43.1 Å². The number of amidine groups is 1. The molecule has 88 valence electrons. The molecule has 1 aliphatic rings. The molecule has 0 radical (unpaired) electrons. The molecule has 0 aromatic rings. The normalized spacial score (nSPS) is 21.1. The summed E-state index contributed by atoms with van der Waals surface area (Å²) < 4.78 is 46.6. The van der Waals surface area contributed by atoms with Crippen LogP contribution in [0, 0.1) is 5.92 Å². The van der Waals surface area contributed by atoms with Gasteiger partial charge in [0.1, 0.15) is 12.0 Å². The van der Waals surface area contributed by atoms with E-state index in [-0.39, 0.29) is 19.3 Å². The van der Waals surface area contributed by atoms with Crippen LogP contribution < -0.4 is 5.73 Å². The molecule has 0 aromatic heterocycles. The molecule has 15 heavy (non-hydrogen) atoms. The summed E-state index contributed by atoms with van der Waals surface area (Å²) in [6.45, 7) is -0.102. The van der Waals surface area contributed by atoms with E-state index in [2.05, 4.69) is 5.16 Å². The molecule has 0 spiro atoms. The maximum Gasteiger partial charge on any atom is 0.401 e. The zero-order valence-corrected chi connectivity index (χ0v) is 7.70. The van der Waals surface area contributed by atoms with E-state index in [4.69, 9.17) is 20.4 Å². The van der Waals surface area contributed by atoms with E-state index >= 15 is 0 Å². The zero-order chi connectivity index (χ0) is 11.5. The van der Waals surface area contributed by atoms with Crippen molar-refractivity contribution in [1.29, 1.82) is 0 Å². The fourth-order valence-electron chi connectivity index (χ4n) is 0.960. The molecule has 3 N–H and O–H groups in total. The zero-order valence-electron chi connectivity index (χ0n) is 7.70. The number of nitrogens with two attached hydrogens (primary N) is 1. The summed E-state index contributed by atoms with van der Waals surface area (Å²) >= 11 is 0. The second kappa shape index (κ2) is 4.67. The van der Waals surface area contributed by atoms with Crippen LogP contribution in [0.1, 0.15) is 0 Å². The predicted molar refractivity (Wildman–Crippen MR) is 43.5 cm³/mol. The minimum absolute atomic E-state index is 0.279. The standard InChI is InChI=1S/C7H11F3N2O3/c8-7(9,10)5(6(11)12-13)3-15-4-1-14-2-4/h4-5,13H,1-3H2,(H2,11,12). The lowest BCUT2D eigenvalue weighted by Crippen LogP contribution is -2.43. The van der Waals surface area contributed by atoms with Gasteiger partial charge in [0.15, 0.2) is 5.84 Å². The molecule has 1 aliphatic heterocycles. The van der Waals surface area contributed by atoms with Gasteiger partial charge in [0.2, 0.25) is 0 Å². The largest absolute Gasteiger partial charge is 0.409 e. The molecular weight excluding hydrogens is 217 g/mol. The molecule has 1 rings (SSSR count). The highest BCUT2D eigenvalue weighted by Crippen LogP contribution is 2.27. The maximum absolute atomic E-state index is 12.3. The molecule has 1 fully saturated rings. The summed E-state index contributed by atoms with van der Waals surface area (Å²) in [6, 6.07) is 0. The van der Waals surface area contributed by atoms with E-state index in [1.807, 2.05) is 0 Å². The fraction of sp³-hybridized carbons (Fsp3) is 0.857. The minimum Gasteiger partial charge on any atom is -0.409 e. The van der Waals surface area contributed by atoms with Crippen molar-refractivity contribution in [2.75, 3.05) is 19.8 Å². The van der Waals surface area contributed by atoms with Crippen molar-refractivity contribution in [1.82, 2.24) is 0 Å². The Kier molecular flexibility index (Phi) is 3.75. The summed E-state index contributed by atoms with van der Waals surface area (Å²) in [5.41, 5.74) is 4.92. The van der Waals surface area contributed by atoms with Crippen molar-refractivity contribution in [3.05, 3.63) is 0 Å². The smallest absolute Gasteiger partial charge is 0.401 e. The number of halogens is 3. The molecule has 5 nitrogen and oxygen atoms in total. The molecule has 0 saturated carbocycles. The first-order chi connectivity index (χ1) is 6.95. The average Bonchev–Trinajstić information content (AvgIpc) is 2.06. The molecule has 0 aromatic carbocycles. The van der Waals surface area contributed by atoms with Gasteiger partial charge in [-0.1, -0.05) is 5.16 Å². The van der Waals surface area contributed by atoms with Gasteiger partial charge in [-0.2, -0.15) is 13.2 Å². The Bertz CT molecular complexity index is 240. The van der Waals surface area contributed by atoms with Crippen LogP contribution in [0.5, 0.6) is 0 Å². The Morgan fingerprint density at radius 1 is 1.60 bits per heavy atom. The molecule has 1 saturated heterocycles. The van der Waals surface area contributed by atoms with Gasteiger partial charge in [0, 0.05) is 0 Å². The van der Waals surface area contributed by atoms with E-state index in [1.54, 1.807) is 0 Å². The topological polar surface area (TPSA) is 77.1 Å². The van der Waals surface area contributed by atoms with Crippen molar-refractivity contribution in [3.8, 4) is 0 Å². The van der Waals surface area contributed by atoms with Gasteiger partial charge in [-0.05, 0) is 0 Å². The number of rotatable bonds is 4. The Balaban J connectivity index is 2.48. The molecular formula is C7H11F3N2O3. The van der Waals surface area contributed by atoms with Crippen LogP contribution in [0.3, 0.4) is 0 Å². The van der Waals surface area contributed by atoms with Crippen molar-refractivity contribution in [3.63, 3.8) is 0 Å². The summed E-state index contributed by atoms with van der Waals surface area (Å²) in [6.07, 6.45) is -4.91. The Hall–Kier alpha value is -1.02. The molecule has 8 heteroatoms. The second-order valence-corrected chi connectivity index (χ2v) is 3.11. The highest BCUT2D eigenvalue weighted by Gasteiger charge is 2.43. The fourth-order valence-corrected chi connectivity index (χ4v) is 0.960. The first kappa shape index (κ1) is 12.1. The number of hydrogen-bond acceptors (Lipinski definition) is 4. The minimum atomic E-state index is -4.58. The Morgan fingerprint density at radius 2 is 2.20 bits per heavy atom. The number of alkyl halides is 3. The van der Waals surface area contributed by atoms with Crippen molar-refractivity contribution < 1.29 is 27.9 Å². The van der Waals surface area contributed by atoms with Gasteiger partial charge in [0.05, 0.1) is 19.8 Å². The molecule has 0 bridgehead atoms. The van der Waals surface area contributed by atoms with Gasteiger partial charge < -0.3 is 20.4 Å². The maximum atomic E-state index is 12.3. The van der Waals surface area contributed by atoms with E-state index < -0.39 is 24.5 Å². The lowest BCUT2D eigenvalue weighted by atomic mass is 10.1. The molecule has 0 amide bonds. The van der Waals surface area contributed by atoms with E-state index in [0.29, 0.717) is 0 Å². The number of oxime groups is 1. The highest BCUT2D eigenvalue weighted by atomic mass is 19.4. The van der Waals surface area contributed by atoms with Gasteiger partial charge in [-0.15, -0.1) is 0 Å². The van der Waals surface area contributed by atoms with Crippen LogP contribution in [-0.2, 0) is 9.47 Å². The summed E-state index contributed by atoms with van der Waals surface area (Å²) in [5.74, 6) is -2.98. The average molecular weight is 228 g/mol. The van der Waals surface area contributed by atoms with Crippen LogP contribution in [0.4, 0.5) is 13.2 Å². The van der Waals surface area contributed by atoms with Crippen molar-refractivity contribution >= 4 is 5.84 Å². The van der Waals surface area contributed by atoms with Gasteiger partial charge >= 0.3 is 6.18 Å². The molecule has 1 atom stereocenters. The van der Waals surface area contributed by atoms with Crippen molar-refractivity contribution in [2.24, 2.45) is 16.8 Å². The van der Waals surface area contributed by atoms with Crippen molar-refractivity contribution in [2.45, 2.75) is 12.3 Å². The Labute approximate surface area is 83.6 Å². The molecule has 1 unspecified atom stereocenters. The van der Waals surface area contributed by atoms with Crippen LogP contribution in [0.25, 0.3) is 0 Å². The summed E-state index contributed by atoms with van der Waals surface area (Å²) in [5, 5.41) is 10.5. The molecule has 0 aliphatic carbocycles. The lowest BCUT2D eigenvalue weighted by molar-refractivity contribution is -0.191. The summed E-state index contributed by atoms with van der Waals surface area (Å²) in [4.78, 5) is 0. The number of ether oxygens (including phenoxy) is 2. The number of nitrogens with zero attached hydrogens (tertiary/aromatic N) is 1. The SMILES string of the molecule is NC(=NO)C(COC1COC1)C(F)(F)F. The predicted octanol–water partition coefficient (Wildman–Crippen LogP) is 0.327. The van der Waals surface area contributed by atoms with Crippen LogP contribution in [0.2, 0.25) is 0 Å². The first-order valence-corrected chi connectivity index (χ1v) is 4.18.